The molecule has 0 bridgehead atoms. The van der Waals surface area contributed by atoms with Crippen LogP contribution in [0.25, 0.3) is 0 Å². The first kappa shape index (κ1) is 16.2. The first-order chi connectivity index (χ1) is 2.91. The molecule has 0 aromatic carbocycles. The topological polar surface area (TPSA) is 0 Å². The van der Waals surface area contributed by atoms with Gasteiger partial charge in [-0.2, -0.15) is 12.8 Å². The molecule has 0 rings (SSSR count). The van der Waals surface area contributed by atoms with Gasteiger partial charge in [-0.15, -0.1) is 0 Å². The van der Waals surface area contributed by atoms with Gasteiger partial charge in [-0.1, -0.05) is 12.8 Å². The molecule has 0 unspecified atom stereocenters. The zero-order chi connectivity index (χ0) is 4.83. The molecule has 58 valence electrons. The molecule has 0 atom stereocenters. The fraction of sp³-hybridized carbons (Fsp3) is 0.667. The SMILES string of the molecule is [CH2-]CCCC[CH2-].[Pt].[Pt]. The normalized spacial score (nSPS) is 6.75. The van der Waals surface area contributed by atoms with E-state index in [1.165, 1.54) is 12.8 Å². The molecule has 0 aliphatic rings. The van der Waals surface area contributed by atoms with Crippen molar-refractivity contribution in [1.82, 2.24) is 0 Å². The van der Waals surface area contributed by atoms with Gasteiger partial charge in [0, 0.05) is 42.1 Å². The van der Waals surface area contributed by atoms with Gasteiger partial charge in [-0.05, 0) is 0 Å². The van der Waals surface area contributed by atoms with Crippen LogP contribution < -0.4 is 0 Å². The Morgan fingerprint density at radius 3 is 1.12 bits per heavy atom. The molecule has 0 spiro atoms. The van der Waals surface area contributed by atoms with Crippen LogP contribution in [-0.2, 0) is 42.1 Å². The Morgan fingerprint density at radius 2 is 1.00 bits per heavy atom. The van der Waals surface area contributed by atoms with Gasteiger partial charge in [0.05, 0.1) is 0 Å². The van der Waals surface area contributed by atoms with Gasteiger partial charge in [0.1, 0.15) is 0 Å². The second-order valence-corrected chi connectivity index (χ2v) is 1.41. The van der Waals surface area contributed by atoms with E-state index in [2.05, 4.69) is 13.8 Å². The average molecular weight is 474 g/mol. The Labute approximate surface area is 81.3 Å². The second-order valence-electron chi connectivity index (χ2n) is 1.41. The second kappa shape index (κ2) is 15.8. The number of hydrogen-bond acceptors (Lipinski definition) is 0. The largest absolute Gasteiger partial charge is 0.343 e. The molecule has 0 saturated heterocycles. The van der Waals surface area contributed by atoms with Crippen LogP contribution in [0.2, 0.25) is 0 Å². The molecule has 2 heteroatoms. The van der Waals surface area contributed by atoms with E-state index in [1.54, 1.807) is 0 Å². The van der Waals surface area contributed by atoms with Gasteiger partial charge in [0.2, 0.25) is 0 Å². The fourth-order valence-corrected chi connectivity index (χ4v) is 0.354. The minimum absolute atomic E-state index is 0. The number of unbranched alkanes of at least 4 members (excludes halogenated alkanes) is 3. The van der Waals surface area contributed by atoms with Crippen molar-refractivity contribution < 1.29 is 42.1 Å². The van der Waals surface area contributed by atoms with Gasteiger partial charge in [0.15, 0.2) is 0 Å². The summed E-state index contributed by atoms with van der Waals surface area (Å²) in [6.07, 6.45) is 4.61. The van der Waals surface area contributed by atoms with E-state index in [0.717, 1.165) is 12.8 Å². The van der Waals surface area contributed by atoms with Gasteiger partial charge in [0.25, 0.3) is 0 Å². The maximum Gasteiger partial charge on any atom is 0 e. The van der Waals surface area contributed by atoms with E-state index in [-0.39, 0.29) is 42.1 Å². The molecule has 0 heterocycles. The summed E-state index contributed by atoms with van der Waals surface area (Å²) in [5.41, 5.74) is 0. The van der Waals surface area contributed by atoms with E-state index >= 15 is 0 Å². The first-order valence-electron chi connectivity index (χ1n) is 2.50. The maximum absolute atomic E-state index is 3.70. The van der Waals surface area contributed by atoms with Gasteiger partial charge in [-0.25, -0.2) is 0 Å². The molecular weight excluding hydrogens is 462 g/mol. The standard InChI is InChI=1S/C6H12.2Pt/c1-3-5-6-4-2;;/h1-6H2;;/q-2;;. The third kappa shape index (κ3) is 15.7. The molecule has 8 heavy (non-hydrogen) atoms. The average Bonchev–Trinajstić information content (AvgIpc) is 1.61. The van der Waals surface area contributed by atoms with E-state index in [0.29, 0.717) is 0 Å². The van der Waals surface area contributed by atoms with Crippen molar-refractivity contribution in [2.75, 3.05) is 0 Å². The predicted molar refractivity (Wildman–Crippen MR) is 29.2 cm³/mol. The molecule has 0 aromatic heterocycles. The van der Waals surface area contributed by atoms with Crippen molar-refractivity contribution >= 4 is 0 Å². The Bertz CT molecular complexity index is 18.5. The van der Waals surface area contributed by atoms with Crippen molar-refractivity contribution in [3.05, 3.63) is 13.8 Å². The summed E-state index contributed by atoms with van der Waals surface area (Å²) in [7, 11) is 0. The van der Waals surface area contributed by atoms with E-state index in [4.69, 9.17) is 0 Å². The van der Waals surface area contributed by atoms with Crippen molar-refractivity contribution in [3.63, 3.8) is 0 Å². The van der Waals surface area contributed by atoms with Crippen molar-refractivity contribution in [2.45, 2.75) is 25.7 Å². The van der Waals surface area contributed by atoms with Gasteiger partial charge < -0.3 is 13.8 Å². The van der Waals surface area contributed by atoms with Crippen LogP contribution in [0.4, 0.5) is 0 Å². The van der Waals surface area contributed by atoms with E-state index < -0.39 is 0 Å². The summed E-state index contributed by atoms with van der Waals surface area (Å²) in [5.74, 6) is 0. The minimum atomic E-state index is 0. The fourth-order valence-electron chi connectivity index (χ4n) is 0.354. The van der Waals surface area contributed by atoms with Crippen LogP contribution in [0.3, 0.4) is 0 Å². The quantitative estimate of drug-likeness (QED) is 0.435. The summed E-state index contributed by atoms with van der Waals surface area (Å²) < 4.78 is 0. The predicted octanol–water partition coefficient (Wildman–Crippen LogP) is 2.21. The molecule has 0 N–H and O–H groups in total. The third-order valence-electron chi connectivity index (χ3n) is 0.750. The van der Waals surface area contributed by atoms with Crippen molar-refractivity contribution in [3.8, 4) is 0 Å². The molecule has 0 amide bonds. The molecule has 0 saturated carbocycles. The van der Waals surface area contributed by atoms with Crippen molar-refractivity contribution in [2.24, 2.45) is 0 Å². The summed E-state index contributed by atoms with van der Waals surface area (Å²) >= 11 is 0. The van der Waals surface area contributed by atoms with Crippen LogP contribution in [0.5, 0.6) is 0 Å². The summed E-state index contributed by atoms with van der Waals surface area (Å²) in [4.78, 5) is 0. The van der Waals surface area contributed by atoms with Gasteiger partial charge >= 0.3 is 0 Å². The third-order valence-corrected chi connectivity index (χ3v) is 0.750. The smallest absolute Gasteiger partial charge is 0 e. The minimum Gasteiger partial charge on any atom is -0.343 e. The molecule has 0 aromatic rings. The molecule has 0 aliphatic carbocycles. The molecule has 0 nitrogen and oxygen atoms in total. The van der Waals surface area contributed by atoms with Crippen LogP contribution in [0.15, 0.2) is 0 Å². The maximum atomic E-state index is 3.70. The molecule has 0 aliphatic heterocycles. The monoisotopic (exact) mass is 474 g/mol. The van der Waals surface area contributed by atoms with Crippen LogP contribution in [-0.4, -0.2) is 0 Å². The Morgan fingerprint density at radius 1 is 0.750 bits per heavy atom. The first-order valence-corrected chi connectivity index (χ1v) is 2.50. The summed E-state index contributed by atoms with van der Waals surface area (Å²) in [6.45, 7) is 7.39. The van der Waals surface area contributed by atoms with E-state index in [9.17, 15) is 0 Å². The van der Waals surface area contributed by atoms with Crippen LogP contribution >= 0.6 is 0 Å². The van der Waals surface area contributed by atoms with Crippen LogP contribution in [0.1, 0.15) is 25.7 Å². The van der Waals surface area contributed by atoms with Crippen LogP contribution in [0, 0.1) is 13.8 Å². The Hall–Kier alpha value is 1.38. The number of rotatable bonds is 3. The molecule has 0 radical (unpaired) electrons. The van der Waals surface area contributed by atoms with Gasteiger partial charge in [-0.3, -0.25) is 0 Å². The zero-order valence-electron chi connectivity index (χ0n) is 4.88. The van der Waals surface area contributed by atoms with Crippen molar-refractivity contribution in [1.29, 1.82) is 0 Å². The Balaban J connectivity index is -0.000000125. The number of hydrogen-bond donors (Lipinski definition) is 0. The van der Waals surface area contributed by atoms with E-state index in [1.807, 2.05) is 0 Å². The Kier molecular flexibility index (Phi) is 31.9. The summed E-state index contributed by atoms with van der Waals surface area (Å²) in [6, 6.07) is 0. The summed E-state index contributed by atoms with van der Waals surface area (Å²) in [5, 5.41) is 0. The zero-order valence-corrected chi connectivity index (χ0v) is 9.42. The molecular formula is C6H12Pt2-2. The molecule has 0 fully saturated rings.